The Morgan fingerprint density at radius 2 is 1.21 bits per heavy atom. The van der Waals surface area contributed by atoms with Gasteiger partial charge in [-0.3, -0.25) is 33.9 Å². The summed E-state index contributed by atoms with van der Waals surface area (Å²) < 4.78 is 88.3. The summed E-state index contributed by atoms with van der Waals surface area (Å²) in [6.45, 7) is 9.88. The predicted molar refractivity (Wildman–Crippen MR) is 278 cm³/mol. The third-order valence-electron chi connectivity index (χ3n) is 9.46. The number of carbonyl (C=O) groups is 4. The lowest BCUT2D eigenvalue weighted by Crippen LogP contribution is -2.58. The molecule has 0 fully saturated rings. The number of hydrogen-bond acceptors (Lipinski definition) is 19. The second-order valence-electron chi connectivity index (χ2n) is 15.5. The van der Waals surface area contributed by atoms with Crippen LogP contribution >= 0.6 is 0 Å². The van der Waals surface area contributed by atoms with Gasteiger partial charge in [0.15, 0.2) is 11.2 Å². The topological polar surface area (TPSA) is 288 Å². The van der Waals surface area contributed by atoms with E-state index in [1.807, 2.05) is 20.9 Å². The van der Waals surface area contributed by atoms with Crippen LogP contribution in [0.15, 0.2) is 35.3 Å². The van der Waals surface area contributed by atoms with Crippen molar-refractivity contribution < 1.29 is 75.0 Å². The zero-order chi connectivity index (χ0) is 57.0. The summed E-state index contributed by atoms with van der Waals surface area (Å²) in [4.78, 5) is 72.9. The van der Waals surface area contributed by atoms with Crippen LogP contribution in [0.3, 0.4) is 0 Å². The second-order valence-corrected chi connectivity index (χ2v) is 15.5. The molecule has 2 aromatic heterocycles. The van der Waals surface area contributed by atoms with Crippen molar-refractivity contribution in [2.45, 2.75) is 51.4 Å². The van der Waals surface area contributed by atoms with Crippen molar-refractivity contribution in [3.05, 3.63) is 52.1 Å². The Morgan fingerprint density at radius 3 is 1.68 bits per heavy atom. The van der Waals surface area contributed by atoms with Gasteiger partial charge in [-0.05, 0) is 44.3 Å². The summed E-state index contributed by atoms with van der Waals surface area (Å²) in [5.74, 6) is 4.56. The van der Waals surface area contributed by atoms with Crippen molar-refractivity contribution in [3.63, 3.8) is 0 Å². The molecule has 0 aliphatic rings. The van der Waals surface area contributed by atoms with Gasteiger partial charge in [0.05, 0.1) is 118 Å². The first kappa shape index (κ1) is 68.4. The number of terminal acetylenes is 3. The van der Waals surface area contributed by atoms with E-state index in [4.69, 9.17) is 67.6 Å². The molecule has 1 aromatic carbocycles. The van der Waals surface area contributed by atoms with Crippen LogP contribution in [-0.2, 0) is 63.6 Å². The molecule has 26 heteroatoms. The number of nitrogen functional groups attached to an aromatic ring is 1. The van der Waals surface area contributed by atoms with Crippen LogP contribution in [-0.4, -0.2) is 195 Å². The number of aromatic amines is 1. The number of amides is 3. The number of halogens is 3. The zero-order valence-electron chi connectivity index (χ0n) is 43.9. The highest BCUT2D eigenvalue weighted by atomic mass is 19.4. The first-order chi connectivity index (χ1) is 37.2. The number of benzene rings is 1. The van der Waals surface area contributed by atoms with E-state index in [2.05, 4.69) is 53.6 Å². The fraction of sp³-hybridized carbons (Fsp3) is 0.569. The summed E-state index contributed by atoms with van der Waals surface area (Å²) >= 11 is 0. The monoisotopic (exact) mass is 1090 g/mol. The number of alkyl halides is 3. The molecule has 3 rings (SSSR count). The molecule has 3 aromatic rings. The Morgan fingerprint density at radius 1 is 0.714 bits per heavy atom. The van der Waals surface area contributed by atoms with Crippen molar-refractivity contribution in [3.8, 4) is 37.0 Å². The SMILES string of the molecule is C#CCOCC(COCC#C)(COCC#C)NC(=O)CCOCCOCCOCCOCCOCCOCCNC(=O)CCCNC.CC.Nc1nc2ncc(CN(C(=O)C(F)(F)F)c3ccc(C=O)cc3)nc2c(=O)[nH]1. The fourth-order valence-electron chi connectivity index (χ4n) is 6.03. The van der Waals surface area contributed by atoms with E-state index >= 15 is 0 Å². The van der Waals surface area contributed by atoms with Crippen LogP contribution in [0.2, 0.25) is 0 Å². The van der Waals surface area contributed by atoms with Gasteiger partial charge in [-0.25, -0.2) is 9.97 Å². The summed E-state index contributed by atoms with van der Waals surface area (Å²) in [6.07, 6.45) is 13.7. The number of rotatable bonds is 39. The molecular weight excluding hydrogens is 1020 g/mol. The van der Waals surface area contributed by atoms with Crippen molar-refractivity contribution in [2.24, 2.45) is 0 Å². The molecule has 6 N–H and O–H groups in total. The number of fused-ring (bicyclic) bond motifs is 1. The van der Waals surface area contributed by atoms with E-state index in [0.29, 0.717) is 96.8 Å². The molecule has 3 amide bonds. The van der Waals surface area contributed by atoms with Gasteiger partial charge >= 0.3 is 12.1 Å². The molecule has 0 unspecified atom stereocenters. The molecule has 0 saturated heterocycles. The molecule has 0 spiro atoms. The quantitative estimate of drug-likeness (QED) is 0.0308. The summed E-state index contributed by atoms with van der Waals surface area (Å²) in [5, 5.41) is 8.72. The Labute approximate surface area is 446 Å². The average molecular weight is 1090 g/mol. The Kier molecular flexibility index (Phi) is 37.8. The maximum atomic E-state index is 13.0. The number of nitrogens with zero attached hydrogens (tertiary/aromatic N) is 4. The Balaban J connectivity index is 0.000000831. The summed E-state index contributed by atoms with van der Waals surface area (Å²) in [6, 6.07) is 4.92. The molecule has 0 aliphatic carbocycles. The fourth-order valence-corrected chi connectivity index (χ4v) is 6.03. The second kappa shape index (κ2) is 42.5. The minimum Gasteiger partial charge on any atom is -0.379 e. The Hall–Kier alpha value is -6.61. The van der Waals surface area contributed by atoms with Crippen molar-refractivity contribution in [1.29, 1.82) is 0 Å². The first-order valence-electron chi connectivity index (χ1n) is 24.4. The molecule has 0 aliphatic heterocycles. The van der Waals surface area contributed by atoms with E-state index < -0.39 is 29.7 Å². The van der Waals surface area contributed by atoms with Crippen LogP contribution in [0.4, 0.5) is 24.8 Å². The van der Waals surface area contributed by atoms with Crippen LogP contribution in [0.5, 0.6) is 0 Å². The number of ether oxygens (including phenoxy) is 9. The number of carbonyl (C=O) groups excluding carboxylic acids is 4. The number of H-pyrrole nitrogens is 1. The van der Waals surface area contributed by atoms with Gasteiger partial charge in [-0.2, -0.15) is 18.2 Å². The molecule has 0 radical (unpaired) electrons. The standard InChI is InChI=1S/C33H55N3O11.C16H11F3N6O3.C2H6/c1-5-13-45-28-33(29-46-14-6-2,30-47-15-7-3)36-32(38)10-16-39-18-20-41-22-24-43-26-27-44-25-23-42-21-19-40-17-12-35-31(37)9-8-11-34-4;17-16(18,19)14(28)25(10-3-1-8(7-26)2-4-10)6-9-5-21-12-11(22-9)13(27)24-15(20)23-12;1-2/h1-3,34H,8-30H2,4H3,(H,35,37)(H,36,38);1-5,7H,6H2,(H3,20,21,23,24,27);1-2H3. The number of anilines is 2. The number of nitrogens with one attached hydrogen (secondary N) is 4. The summed E-state index contributed by atoms with van der Waals surface area (Å²) in [7, 11) is 1.86. The minimum absolute atomic E-state index is 0.0346. The maximum absolute atomic E-state index is 13.0. The predicted octanol–water partition coefficient (Wildman–Crippen LogP) is 1.63. The van der Waals surface area contributed by atoms with Gasteiger partial charge in [0.25, 0.3) is 5.56 Å². The third kappa shape index (κ3) is 31.3. The summed E-state index contributed by atoms with van der Waals surface area (Å²) in [5.41, 5.74) is 3.36. The van der Waals surface area contributed by atoms with Crippen LogP contribution in [0, 0.1) is 37.0 Å². The molecule has 0 saturated carbocycles. The van der Waals surface area contributed by atoms with Crippen LogP contribution in [0.1, 0.15) is 49.2 Å². The largest absolute Gasteiger partial charge is 0.471 e. The average Bonchev–Trinajstić information content (AvgIpc) is 3.41. The number of aldehydes is 1. The zero-order valence-corrected chi connectivity index (χ0v) is 43.9. The van der Waals surface area contributed by atoms with E-state index in [1.54, 1.807) is 0 Å². The van der Waals surface area contributed by atoms with Gasteiger partial charge in [0.1, 0.15) is 31.6 Å². The van der Waals surface area contributed by atoms with Crippen molar-refractivity contribution >= 4 is 46.8 Å². The molecular formula is C51H72F3N9O14. The normalized spacial score (nSPS) is 10.9. The van der Waals surface area contributed by atoms with Gasteiger partial charge in [-0.15, -0.1) is 19.3 Å². The maximum Gasteiger partial charge on any atom is 0.471 e. The van der Waals surface area contributed by atoms with E-state index in [-0.39, 0.29) is 98.5 Å². The lowest BCUT2D eigenvalue weighted by Gasteiger charge is -2.33. The minimum atomic E-state index is -5.15. The van der Waals surface area contributed by atoms with E-state index in [0.717, 1.165) is 19.2 Å². The number of hydrogen-bond donors (Lipinski definition) is 5. The Bertz CT molecular complexity index is 2270. The van der Waals surface area contributed by atoms with E-state index in [9.17, 15) is 37.1 Å². The molecule has 77 heavy (non-hydrogen) atoms. The van der Waals surface area contributed by atoms with Crippen LogP contribution in [0.25, 0.3) is 11.2 Å². The highest BCUT2D eigenvalue weighted by molar-refractivity contribution is 5.97. The van der Waals surface area contributed by atoms with E-state index in [1.165, 1.54) is 24.3 Å². The highest BCUT2D eigenvalue weighted by Gasteiger charge is 2.43. The lowest BCUT2D eigenvalue weighted by molar-refractivity contribution is -0.170. The van der Waals surface area contributed by atoms with Crippen molar-refractivity contribution in [1.82, 2.24) is 35.9 Å². The van der Waals surface area contributed by atoms with Gasteiger partial charge in [-0.1, -0.05) is 31.6 Å². The van der Waals surface area contributed by atoms with Crippen molar-refractivity contribution in [2.75, 3.05) is 150 Å². The number of nitrogens with two attached hydrogens (primary N) is 1. The number of aromatic nitrogens is 4. The molecule has 426 valence electrons. The molecule has 2 heterocycles. The molecule has 23 nitrogen and oxygen atoms in total. The third-order valence-corrected chi connectivity index (χ3v) is 9.46. The lowest BCUT2D eigenvalue weighted by atomic mass is 10.0. The van der Waals surface area contributed by atoms with Crippen LogP contribution < -0.4 is 32.1 Å². The smallest absolute Gasteiger partial charge is 0.379 e. The molecule has 0 atom stereocenters. The van der Waals surface area contributed by atoms with Gasteiger partial charge in [0, 0.05) is 30.6 Å². The first-order valence-corrected chi connectivity index (χ1v) is 24.4. The molecule has 0 bridgehead atoms. The van der Waals surface area contributed by atoms with Gasteiger partial charge < -0.3 is 64.3 Å². The van der Waals surface area contributed by atoms with Gasteiger partial charge in [0.2, 0.25) is 17.8 Å². The highest BCUT2D eigenvalue weighted by Crippen LogP contribution is 2.26.